The molecule has 1 atom stereocenters. The molecule has 0 N–H and O–H groups in total. The molecule has 3 heteroatoms. The number of hydrogen-bond donors (Lipinski definition) is 0. The number of hydrogen-bond acceptors (Lipinski definition) is 2. The highest BCUT2D eigenvalue weighted by molar-refractivity contribution is 5.53. The van der Waals surface area contributed by atoms with Crippen LogP contribution in [0.5, 0.6) is 0 Å². The fraction of sp³-hybridized carbons (Fsp3) is 0.625. The van der Waals surface area contributed by atoms with E-state index in [1.807, 2.05) is 13.0 Å². The van der Waals surface area contributed by atoms with Crippen molar-refractivity contribution in [2.75, 3.05) is 31.1 Å². The zero-order valence-corrected chi connectivity index (χ0v) is 11.7. The Bertz CT molecular complexity index is 446. The van der Waals surface area contributed by atoms with Crippen LogP contribution >= 0.6 is 0 Å². The molecule has 2 saturated heterocycles. The first-order valence-electron chi connectivity index (χ1n) is 7.50. The number of benzene rings is 1. The van der Waals surface area contributed by atoms with Gasteiger partial charge in [0, 0.05) is 36.9 Å². The minimum absolute atomic E-state index is 0.0813. The second-order valence-corrected chi connectivity index (χ2v) is 5.87. The van der Waals surface area contributed by atoms with Gasteiger partial charge in [0.15, 0.2) is 0 Å². The Morgan fingerprint density at radius 3 is 2.84 bits per heavy atom. The van der Waals surface area contributed by atoms with Gasteiger partial charge in [-0.3, -0.25) is 4.90 Å². The Labute approximate surface area is 115 Å². The van der Waals surface area contributed by atoms with Crippen molar-refractivity contribution >= 4 is 5.69 Å². The van der Waals surface area contributed by atoms with E-state index >= 15 is 0 Å². The molecule has 1 unspecified atom stereocenters. The van der Waals surface area contributed by atoms with Crippen molar-refractivity contribution < 1.29 is 4.39 Å². The van der Waals surface area contributed by atoms with Gasteiger partial charge in [-0.1, -0.05) is 12.5 Å². The number of fused-ring (bicyclic) bond motifs is 1. The highest BCUT2D eigenvalue weighted by Crippen LogP contribution is 2.27. The van der Waals surface area contributed by atoms with Crippen LogP contribution in [0.2, 0.25) is 0 Å². The molecule has 0 saturated carbocycles. The molecule has 2 aliphatic heterocycles. The smallest absolute Gasteiger partial charge is 0.128 e. The molecule has 0 spiro atoms. The summed E-state index contributed by atoms with van der Waals surface area (Å²) in [5.41, 5.74) is 1.89. The summed E-state index contributed by atoms with van der Waals surface area (Å²) in [6, 6.07) is 6.13. The summed E-state index contributed by atoms with van der Waals surface area (Å²) in [6.07, 6.45) is 5.17. The molecular formula is C16H23FN2. The normalized spacial score (nSPS) is 24.9. The molecule has 0 bridgehead atoms. The van der Waals surface area contributed by atoms with Crippen molar-refractivity contribution in [1.29, 1.82) is 0 Å². The summed E-state index contributed by atoms with van der Waals surface area (Å²) < 4.78 is 13.7. The number of halogens is 1. The third kappa shape index (κ3) is 2.62. The third-order valence-corrected chi connectivity index (χ3v) is 4.63. The van der Waals surface area contributed by atoms with Crippen molar-refractivity contribution in [3.8, 4) is 0 Å². The van der Waals surface area contributed by atoms with Gasteiger partial charge in [0.05, 0.1) is 0 Å². The van der Waals surface area contributed by atoms with E-state index in [9.17, 15) is 4.39 Å². The lowest BCUT2D eigenvalue weighted by Gasteiger charge is -2.36. The third-order valence-electron chi connectivity index (χ3n) is 4.63. The predicted octanol–water partition coefficient (Wildman–Crippen LogP) is 3.20. The number of nitrogens with zero attached hydrogens (tertiary/aromatic N) is 2. The zero-order valence-electron chi connectivity index (χ0n) is 11.7. The van der Waals surface area contributed by atoms with Crippen LogP contribution in [0.15, 0.2) is 18.2 Å². The molecule has 2 fully saturated rings. The van der Waals surface area contributed by atoms with Crippen LogP contribution in [0.25, 0.3) is 0 Å². The minimum atomic E-state index is -0.0813. The predicted molar refractivity (Wildman–Crippen MR) is 77.2 cm³/mol. The summed E-state index contributed by atoms with van der Waals surface area (Å²) in [4.78, 5) is 5.03. The van der Waals surface area contributed by atoms with E-state index in [4.69, 9.17) is 0 Å². The Hall–Kier alpha value is -1.09. The molecule has 0 radical (unpaired) electrons. The van der Waals surface area contributed by atoms with Gasteiger partial charge in [-0.05, 0) is 44.9 Å². The molecule has 0 aromatic heterocycles. The summed E-state index contributed by atoms with van der Waals surface area (Å²) in [5.74, 6) is -0.0813. The molecular weight excluding hydrogens is 239 g/mol. The van der Waals surface area contributed by atoms with Crippen LogP contribution in [0.4, 0.5) is 10.1 Å². The average Bonchev–Trinajstić information content (AvgIpc) is 2.64. The van der Waals surface area contributed by atoms with Crippen molar-refractivity contribution in [3.05, 3.63) is 29.6 Å². The van der Waals surface area contributed by atoms with Gasteiger partial charge in [0.2, 0.25) is 0 Å². The molecule has 19 heavy (non-hydrogen) atoms. The summed E-state index contributed by atoms with van der Waals surface area (Å²) in [6.45, 7) is 6.46. The minimum Gasteiger partial charge on any atom is -0.370 e. The van der Waals surface area contributed by atoms with E-state index in [0.29, 0.717) is 6.04 Å². The molecule has 104 valence electrons. The highest BCUT2D eigenvalue weighted by Gasteiger charge is 2.27. The second-order valence-electron chi connectivity index (χ2n) is 5.87. The molecule has 1 aromatic rings. The van der Waals surface area contributed by atoms with Crippen LogP contribution in [0, 0.1) is 12.7 Å². The summed E-state index contributed by atoms with van der Waals surface area (Å²) in [7, 11) is 0. The Morgan fingerprint density at radius 1 is 1.11 bits per heavy atom. The monoisotopic (exact) mass is 262 g/mol. The fourth-order valence-electron chi connectivity index (χ4n) is 3.53. The van der Waals surface area contributed by atoms with Gasteiger partial charge in [-0.15, -0.1) is 0 Å². The molecule has 1 aromatic carbocycles. The van der Waals surface area contributed by atoms with E-state index in [1.54, 1.807) is 6.07 Å². The fourth-order valence-corrected chi connectivity index (χ4v) is 3.53. The maximum Gasteiger partial charge on any atom is 0.128 e. The van der Waals surface area contributed by atoms with E-state index in [0.717, 1.165) is 24.3 Å². The molecule has 2 heterocycles. The second kappa shape index (κ2) is 5.49. The standard InChI is InChI=1S/C16H23FN2/c1-13-15(17)7-4-8-16(13)19-11-5-10-18-9-3-2-6-14(18)12-19/h4,7-8,14H,2-3,5-6,9-12H2,1H3. The number of rotatable bonds is 1. The van der Waals surface area contributed by atoms with Crippen molar-refractivity contribution in [1.82, 2.24) is 4.90 Å². The topological polar surface area (TPSA) is 6.48 Å². The lowest BCUT2D eigenvalue weighted by molar-refractivity contribution is 0.162. The van der Waals surface area contributed by atoms with Crippen molar-refractivity contribution in [2.45, 2.75) is 38.6 Å². The zero-order chi connectivity index (χ0) is 13.2. The first kappa shape index (κ1) is 12.9. The van der Waals surface area contributed by atoms with Gasteiger partial charge in [-0.25, -0.2) is 4.39 Å². The number of anilines is 1. The van der Waals surface area contributed by atoms with Gasteiger partial charge in [0.1, 0.15) is 5.82 Å². The highest BCUT2D eigenvalue weighted by atomic mass is 19.1. The SMILES string of the molecule is Cc1c(F)cccc1N1CCCN2CCCCC2C1. The Morgan fingerprint density at radius 2 is 1.95 bits per heavy atom. The van der Waals surface area contributed by atoms with E-state index in [2.05, 4.69) is 15.9 Å². The van der Waals surface area contributed by atoms with E-state index in [-0.39, 0.29) is 5.82 Å². The molecule has 2 nitrogen and oxygen atoms in total. The molecule has 3 rings (SSSR count). The molecule has 0 aliphatic carbocycles. The first-order chi connectivity index (χ1) is 9.25. The lowest BCUT2D eigenvalue weighted by Crippen LogP contribution is -2.44. The average molecular weight is 262 g/mol. The first-order valence-corrected chi connectivity index (χ1v) is 7.50. The Kier molecular flexibility index (Phi) is 3.74. The van der Waals surface area contributed by atoms with Gasteiger partial charge >= 0.3 is 0 Å². The van der Waals surface area contributed by atoms with Gasteiger partial charge in [-0.2, -0.15) is 0 Å². The van der Waals surface area contributed by atoms with E-state index < -0.39 is 0 Å². The van der Waals surface area contributed by atoms with Crippen LogP contribution in [0.1, 0.15) is 31.2 Å². The Balaban J connectivity index is 1.82. The molecule has 2 aliphatic rings. The maximum atomic E-state index is 13.7. The van der Waals surface area contributed by atoms with Gasteiger partial charge in [0.25, 0.3) is 0 Å². The van der Waals surface area contributed by atoms with Gasteiger partial charge < -0.3 is 4.90 Å². The van der Waals surface area contributed by atoms with E-state index in [1.165, 1.54) is 38.8 Å². The van der Waals surface area contributed by atoms with Crippen molar-refractivity contribution in [2.24, 2.45) is 0 Å². The maximum absolute atomic E-state index is 13.7. The van der Waals surface area contributed by atoms with Crippen LogP contribution < -0.4 is 4.90 Å². The summed E-state index contributed by atoms with van der Waals surface area (Å²) >= 11 is 0. The quantitative estimate of drug-likeness (QED) is 0.767. The lowest BCUT2D eigenvalue weighted by atomic mass is 10.0. The largest absolute Gasteiger partial charge is 0.370 e. The van der Waals surface area contributed by atoms with Crippen LogP contribution in [0.3, 0.4) is 0 Å². The summed E-state index contributed by atoms with van der Waals surface area (Å²) in [5, 5.41) is 0. The molecule has 0 amide bonds. The van der Waals surface area contributed by atoms with Crippen LogP contribution in [-0.4, -0.2) is 37.1 Å². The van der Waals surface area contributed by atoms with Crippen molar-refractivity contribution in [3.63, 3.8) is 0 Å². The van der Waals surface area contributed by atoms with Crippen LogP contribution in [-0.2, 0) is 0 Å². The number of piperidine rings is 1.